The molecule has 1 aromatic carbocycles. The Balaban J connectivity index is 1.40. The average Bonchev–Trinajstić information content (AvgIpc) is 3.34. The van der Waals surface area contributed by atoms with Crippen molar-refractivity contribution in [1.29, 1.82) is 5.26 Å². The van der Waals surface area contributed by atoms with Gasteiger partial charge in [0.2, 0.25) is 0 Å². The second-order valence-electron chi connectivity index (χ2n) is 6.07. The number of pyridine rings is 1. The van der Waals surface area contributed by atoms with Gasteiger partial charge in [0.1, 0.15) is 23.4 Å². The van der Waals surface area contributed by atoms with Crippen LogP contribution >= 0.6 is 0 Å². The minimum absolute atomic E-state index is 0.0352. The summed E-state index contributed by atoms with van der Waals surface area (Å²) in [6, 6.07) is 10.7. The van der Waals surface area contributed by atoms with Gasteiger partial charge in [0, 0.05) is 35.7 Å². The van der Waals surface area contributed by atoms with E-state index in [0.717, 1.165) is 17.1 Å². The zero-order valence-electron chi connectivity index (χ0n) is 13.5. The molecule has 1 unspecified atom stereocenters. The molecule has 126 valence electrons. The predicted octanol–water partition coefficient (Wildman–Crippen LogP) is 2.26. The first kappa shape index (κ1) is 15.3. The highest BCUT2D eigenvalue weighted by molar-refractivity contribution is 5.89. The summed E-state index contributed by atoms with van der Waals surface area (Å²) in [6.07, 6.45) is 1.42. The third kappa shape index (κ3) is 2.83. The number of carbonyl (C=O) groups excluding carboxylic acids is 1. The lowest BCUT2D eigenvalue weighted by atomic mass is 10.1. The number of nitrogens with zero attached hydrogens (tertiary/aromatic N) is 2. The van der Waals surface area contributed by atoms with Crippen LogP contribution in [-0.4, -0.2) is 30.8 Å². The minimum atomic E-state index is -0.313. The largest absolute Gasteiger partial charge is 0.497 e. The van der Waals surface area contributed by atoms with Crippen molar-refractivity contribution in [3.8, 4) is 17.6 Å². The van der Waals surface area contributed by atoms with Crippen LogP contribution in [-0.2, 0) is 0 Å². The van der Waals surface area contributed by atoms with Gasteiger partial charge < -0.3 is 14.8 Å². The van der Waals surface area contributed by atoms with Crippen LogP contribution in [0.5, 0.6) is 11.5 Å². The molecule has 2 aromatic rings. The van der Waals surface area contributed by atoms with Crippen LogP contribution < -0.4 is 20.1 Å². The Labute approximate surface area is 144 Å². The molecular formula is C18H16N4O3. The number of nitriles is 1. The maximum atomic E-state index is 12.2. The summed E-state index contributed by atoms with van der Waals surface area (Å²) in [4.78, 5) is 16.2. The Bertz CT molecular complexity index is 860. The van der Waals surface area contributed by atoms with Crippen molar-refractivity contribution in [2.45, 2.75) is 12.0 Å². The zero-order valence-corrected chi connectivity index (χ0v) is 13.5. The van der Waals surface area contributed by atoms with Crippen molar-refractivity contribution in [3.05, 3.63) is 47.7 Å². The summed E-state index contributed by atoms with van der Waals surface area (Å²) in [6.45, 7) is 0.574. The van der Waals surface area contributed by atoms with Crippen molar-refractivity contribution >= 4 is 11.8 Å². The first-order chi connectivity index (χ1) is 12.2. The molecule has 1 fully saturated rings. The van der Waals surface area contributed by atoms with Gasteiger partial charge in [0.05, 0.1) is 19.3 Å². The van der Waals surface area contributed by atoms with E-state index in [1.54, 1.807) is 19.2 Å². The van der Waals surface area contributed by atoms with Gasteiger partial charge in [-0.15, -0.1) is 0 Å². The van der Waals surface area contributed by atoms with Crippen LogP contribution in [0, 0.1) is 17.2 Å². The van der Waals surface area contributed by atoms with E-state index in [1.807, 2.05) is 24.3 Å². The van der Waals surface area contributed by atoms with Crippen LogP contribution in [0.4, 0.5) is 10.6 Å². The zero-order chi connectivity index (χ0) is 17.4. The number of anilines is 1. The number of fused-ring (bicyclic) bond motifs is 3. The van der Waals surface area contributed by atoms with E-state index in [9.17, 15) is 4.79 Å². The molecule has 0 saturated heterocycles. The molecule has 1 aliphatic carbocycles. The Morgan fingerprint density at radius 2 is 2.28 bits per heavy atom. The molecule has 2 aliphatic rings. The Morgan fingerprint density at radius 3 is 3.00 bits per heavy atom. The lowest BCUT2D eigenvalue weighted by molar-refractivity contribution is 0.249. The maximum Gasteiger partial charge on any atom is 0.320 e. The Kier molecular flexibility index (Phi) is 3.65. The topological polar surface area (TPSA) is 96.3 Å². The van der Waals surface area contributed by atoms with Crippen LogP contribution in [0.15, 0.2) is 36.5 Å². The third-order valence-electron chi connectivity index (χ3n) is 4.61. The van der Waals surface area contributed by atoms with Crippen molar-refractivity contribution in [2.24, 2.45) is 5.92 Å². The van der Waals surface area contributed by atoms with E-state index >= 15 is 0 Å². The maximum absolute atomic E-state index is 12.2. The first-order valence-corrected chi connectivity index (χ1v) is 7.94. The molecule has 2 N–H and O–H groups in total. The highest BCUT2D eigenvalue weighted by Crippen LogP contribution is 2.54. The van der Waals surface area contributed by atoms with Gasteiger partial charge in [-0.1, -0.05) is 6.07 Å². The van der Waals surface area contributed by atoms with E-state index in [1.165, 1.54) is 6.20 Å². The standard InChI is InChI=1S/C18H16N4O3/c1-24-11-3-4-12-14(6-11)25-9-13-16(12)17(13)22-18(23)21-15-5-2-10(7-19)8-20-15/h2-6,8,13,16-17H,9H2,1H3,(H2,20,21,22,23)/t13-,16+,17?/m0/s1. The van der Waals surface area contributed by atoms with Crippen LogP contribution in [0.3, 0.4) is 0 Å². The number of rotatable bonds is 3. The molecule has 3 atom stereocenters. The molecule has 25 heavy (non-hydrogen) atoms. The van der Waals surface area contributed by atoms with Gasteiger partial charge in [-0.2, -0.15) is 5.26 Å². The summed E-state index contributed by atoms with van der Waals surface area (Å²) in [7, 11) is 1.62. The van der Waals surface area contributed by atoms with Crippen molar-refractivity contribution in [3.63, 3.8) is 0 Å². The number of hydrogen-bond donors (Lipinski definition) is 2. The monoisotopic (exact) mass is 336 g/mol. The molecule has 2 amide bonds. The number of ether oxygens (including phenoxy) is 2. The number of carbonyl (C=O) groups is 1. The van der Waals surface area contributed by atoms with Gasteiger partial charge >= 0.3 is 6.03 Å². The highest BCUT2D eigenvalue weighted by atomic mass is 16.5. The summed E-state index contributed by atoms with van der Waals surface area (Å²) >= 11 is 0. The van der Waals surface area contributed by atoms with Gasteiger partial charge in [-0.3, -0.25) is 5.32 Å². The van der Waals surface area contributed by atoms with Crippen molar-refractivity contribution in [2.75, 3.05) is 19.0 Å². The normalized spacial score (nSPS) is 22.5. The highest BCUT2D eigenvalue weighted by Gasteiger charge is 2.55. The van der Waals surface area contributed by atoms with Crippen LogP contribution in [0.25, 0.3) is 0 Å². The van der Waals surface area contributed by atoms with E-state index in [4.69, 9.17) is 14.7 Å². The summed E-state index contributed by atoms with van der Waals surface area (Å²) < 4.78 is 11.0. The lowest BCUT2D eigenvalue weighted by Gasteiger charge is -2.16. The van der Waals surface area contributed by atoms with Gasteiger partial charge in [-0.25, -0.2) is 9.78 Å². The van der Waals surface area contributed by atoms with Crippen molar-refractivity contribution in [1.82, 2.24) is 10.3 Å². The van der Waals surface area contributed by atoms with Gasteiger partial charge in [0.25, 0.3) is 0 Å². The minimum Gasteiger partial charge on any atom is -0.497 e. The second kappa shape index (κ2) is 5.98. The van der Waals surface area contributed by atoms with E-state index < -0.39 is 0 Å². The number of amides is 2. The number of hydrogen-bond acceptors (Lipinski definition) is 5. The summed E-state index contributed by atoms with van der Waals surface area (Å²) in [5, 5.41) is 14.4. The molecule has 4 rings (SSSR count). The quantitative estimate of drug-likeness (QED) is 0.896. The molecule has 0 spiro atoms. The second-order valence-corrected chi connectivity index (χ2v) is 6.07. The van der Waals surface area contributed by atoms with Crippen LogP contribution in [0.1, 0.15) is 17.0 Å². The van der Waals surface area contributed by atoms with E-state index in [0.29, 0.717) is 18.0 Å². The molecular weight excluding hydrogens is 320 g/mol. The van der Waals surface area contributed by atoms with Crippen LogP contribution in [0.2, 0.25) is 0 Å². The Morgan fingerprint density at radius 1 is 1.40 bits per heavy atom. The molecule has 1 saturated carbocycles. The fourth-order valence-corrected chi connectivity index (χ4v) is 3.27. The fraction of sp³-hybridized carbons (Fsp3) is 0.278. The van der Waals surface area contributed by atoms with E-state index in [2.05, 4.69) is 15.6 Å². The summed E-state index contributed by atoms with van der Waals surface area (Å²) in [5.74, 6) is 2.52. The van der Waals surface area contributed by atoms with E-state index in [-0.39, 0.29) is 23.9 Å². The Hall–Kier alpha value is -3.27. The summed E-state index contributed by atoms with van der Waals surface area (Å²) in [5.41, 5.74) is 1.54. The molecule has 0 bridgehead atoms. The molecule has 0 radical (unpaired) electrons. The number of urea groups is 1. The van der Waals surface area contributed by atoms with Gasteiger partial charge in [0.15, 0.2) is 0 Å². The van der Waals surface area contributed by atoms with Gasteiger partial charge in [-0.05, 0) is 18.2 Å². The van der Waals surface area contributed by atoms with Crippen molar-refractivity contribution < 1.29 is 14.3 Å². The molecule has 1 aliphatic heterocycles. The number of benzene rings is 1. The molecule has 7 nitrogen and oxygen atoms in total. The smallest absolute Gasteiger partial charge is 0.320 e. The lowest BCUT2D eigenvalue weighted by Crippen LogP contribution is -2.32. The molecule has 1 aromatic heterocycles. The predicted molar refractivity (Wildman–Crippen MR) is 89.6 cm³/mol. The molecule has 7 heteroatoms. The SMILES string of the molecule is COc1ccc2c(c1)OC[C@@H]1C(NC(=O)Nc3ccc(C#N)cn3)[C@H]21. The third-order valence-corrected chi connectivity index (χ3v) is 4.61. The molecule has 2 heterocycles. The fourth-order valence-electron chi connectivity index (χ4n) is 3.27. The first-order valence-electron chi connectivity index (χ1n) is 7.94. The number of methoxy groups -OCH3 is 1. The number of nitrogens with one attached hydrogen (secondary N) is 2. The number of aromatic nitrogens is 1. The average molecular weight is 336 g/mol.